The lowest BCUT2D eigenvalue weighted by Crippen LogP contribution is -2.39. The zero-order chi connectivity index (χ0) is 18.6. The van der Waals surface area contributed by atoms with Gasteiger partial charge in [-0.05, 0) is 47.6 Å². The predicted molar refractivity (Wildman–Crippen MR) is 99.5 cm³/mol. The number of carbonyl (C=O) groups is 2. The number of fused-ring (bicyclic) bond motifs is 3. The number of Topliss-reactive ketones (excluding diaryl/α,β-unsaturated/α-hetero) is 1. The number of carbonyl (C=O) groups excluding carboxylic acids is 2. The summed E-state index contributed by atoms with van der Waals surface area (Å²) >= 11 is 0. The summed E-state index contributed by atoms with van der Waals surface area (Å²) in [5.41, 5.74) is 4.80. The molecule has 2 aromatic rings. The van der Waals surface area contributed by atoms with Gasteiger partial charge in [-0.3, -0.25) is 4.79 Å². The highest BCUT2D eigenvalue weighted by Crippen LogP contribution is 2.49. The Bertz CT molecular complexity index is 1010. The molecule has 0 N–H and O–H groups in total. The molecule has 0 bridgehead atoms. The molecule has 2 atom stereocenters. The second-order valence-corrected chi connectivity index (χ2v) is 7.58. The number of benzene rings is 2. The van der Waals surface area contributed by atoms with Gasteiger partial charge in [-0.1, -0.05) is 30.3 Å². The zero-order valence-electron chi connectivity index (χ0n) is 15.2. The number of ketones is 1. The standard InChI is InChI=1S/C22H20N2O3/c1-27-21(26)17-7-3-2-6-16(17)18-12-23-24-22(18)11-14-10-9-13-5-4-8-15(13)19(14)20(22)25/h2-3,6-7,9-10,18H,4-5,8,11-12H2,1H3/t18-,22+/m1/s1. The molecule has 2 aliphatic carbocycles. The molecule has 27 heavy (non-hydrogen) atoms. The van der Waals surface area contributed by atoms with Crippen LogP contribution in [0, 0.1) is 0 Å². The SMILES string of the molecule is COC(=O)c1ccccc1[C@H]1CN=N[C@@]12Cc1ccc3c(c1C2=O)CCC3. The van der Waals surface area contributed by atoms with E-state index in [1.807, 2.05) is 18.2 Å². The first kappa shape index (κ1) is 16.4. The second kappa shape index (κ2) is 5.84. The van der Waals surface area contributed by atoms with Crippen LogP contribution >= 0.6 is 0 Å². The van der Waals surface area contributed by atoms with E-state index in [1.54, 1.807) is 6.07 Å². The molecule has 0 unspecified atom stereocenters. The summed E-state index contributed by atoms with van der Waals surface area (Å²) in [4.78, 5) is 25.9. The van der Waals surface area contributed by atoms with Gasteiger partial charge in [0.15, 0.2) is 11.3 Å². The molecule has 0 aromatic heterocycles. The van der Waals surface area contributed by atoms with Gasteiger partial charge in [-0.15, -0.1) is 0 Å². The maximum atomic E-state index is 13.6. The minimum Gasteiger partial charge on any atom is -0.465 e. The molecule has 5 rings (SSSR count). The molecule has 0 fully saturated rings. The number of azo groups is 1. The van der Waals surface area contributed by atoms with E-state index in [-0.39, 0.29) is 11.7 Å². The highest BCUT2D eigenvalue weighted by atomic mass is 16.5. The van der Waals surface area contributed by atoms with Crippen molar-refractivity contribution in [1.82, 2.24) is 0 Å². The van der Waals surface area contributed by atoms with Crippen LogP contribution < -0.4 is 0 Å². The minimum atomic E-state index is -0.926. The van der Waals surface area contributed by atoms with Gasteiger partial charge in [0, 0.05) is 17.9 Å². The fraction of sp³-hybridized carbons (Fsp3) is 0.364. The van der Waals surface area contributed by atoms with Crippen molar-refractivity contribution in [2.75, 3.05) is 13.7 Å². The summed E-state index contributed by atoms with van der Waals surface area (Å²) in [6.45, 7) is 0.413. The monoisotopic (exact) mass is 360 g/mol. The van der Waals surface area contributed by atoms with Gasteiger partial charge in [0.25, 0.3) is 0 Å². The molecule has 2 aromatic carbocycles. The van der Waals surface area contributed by atoms with E-state index in [0.29, 0.717) is 18.5 Å². The number of rotatable bonds is 2. The first-order valence-electron chi connectivity index (χ1n) is 9.40. The zero-order valence-corrected chi connectivity index (χ0v) is 15.2. The van der Waals surface area contributed by atoms with E-state index in [2.05, 4.69) is 22.4 Å². The maximum absolute atomic E-state index is 13.6. The maximum Gasteiger partial charge on any atom is 0.338 e. The fourth-order valence-electron chi connectivity index (χ4n) is 5.02. The van der Waals surface area contributed by atoms with E-state index < -0.39 is 11.5 Å². The normalized spacial score (nSPS) is 25.1. The van der Waals surface area contributed by atoms with Crippen molar-refractivity contribution in [3.8, 4) is 0 Å². The molecule has 0 saturated heterocycles. The number of ether oxygens (including phenoxy) is 1. The first-order valence-corrected chi connectivity index (χ1v) is 9.40. The Balaban J connectivity index is 1.63. The van der Waals surface area contributed by atoms with Crippen LogP contribution in [0.1, 0.15) is 55.3 Å². The van der Waals surface area contributed by atoms with Gasteiger partial charge in [0.2, 0.25) is 0 Å². The van der Waals surface area contributed by atoms with Gasteiger partial charge in [0.05, 0.1) is 19.2 Å². The van der Waals surface area contributed by atoms with Gasteiger partial charge in [0.1, 0.15) is 0 Å². The third-order valence-corrected chi connectivity index (χ3v) is 6.28. The molecule has 5 nitrogen and oxygen atoms in total. The van der Waals surface area contributed by atoms with Crippen LogP contribution in [0.25, 0.3) is 0 Å². The van der Waals surface area contributed by atoms with Gasteiger partial charge < -0.3 is 4.74 Å². The van der Waals surface area contributed by atoms with Gasteiger partial charge in [-0.2, -0.15) is 10.2 Å². The number of esters is 1. The van der Waals surface area contributed by atoms with E-state index >= 15 is 0 Å². The van der Waals surface area contributed by atoms with Crippen LogP contribution in [0.3, 0.4) is 0 Å². The number of methoxy groups -OCH3 is 1. The summed E-state index contributed by atoms with van der Waals surface area (Å²) < 4.78 is 4.95. The average molecular weight is 360 g/mol. The van der Waals surface area contributed by atoms with Crippen LogP contribution in [-0.2, 0) is 24.0 Å². The van der Waals surface area contributed by atoms with E-state index in [0.717, 1.165) is 36.0 Å². The lowest BCUT2D eigenvalue weighted by Gasteiger charge is -2.27. The van der Waals surface area contributed by atoms with Crippen molar-refractivity contribution in [2.24, 2.45) is 10.2 Å². The Kier molecular flexibility index (Phi) is 3.54. The van der Waals surface area contributed by atoms with Crippen molar-refractivity contribution < 1.29 is 14.3 Å². The van der Waals surface area contributed by atoms with Crippen molar-refractivity contribution in [1.29, 1.82) is 0 Å². The fourth-order valence-corrected chi connectivity index (χ4v) is 5.02. The van der Waals surface area contributed by atoms with Crippen LogP contribution in [-0.4, -0.2) is 30.9 Å². The summed E-state index contributed by atoms with van der Waals surface area (Å²) in [7, 11) is 1.37. The third kappa shape index (κ3) is 2.17. The van der Waals surface area contributed by atoms with E-state index in [1.165, 1.54) is 18.2 Å². The van der Waals surface area contributed by atoms with Crippen molar-refractivity contribution >= 4 is 11.8 Å². The Labute approximate surface area is 157 Å². The van der Waals surface area contributed by atoms with Crippen LogP contribution in [0.2, 0.25) is 0 Å². The van der Waals surface area contributed by atoms with E-state index in [4.69, 9.17) is 4.74 Å². The predicted octanol–water partition coefficient (Wildman–Crippen LogP) is 3.69. The van der Waals surface area contributed by atoms with Crippen LogP contribution in [0.15, 0.2) is 46.6 Å². The van der Waals surface area contributed by atoms with Crippen LogP contribution in [0.5, 0.6) is 0 Å². The van der Waals surface area contributed by atoms with Crippen molar-refractivity contribution in [3.05, 3.63) is 69.8 Å². The largest absolute Gasteiger partial charge is 0.465 e. The highest BCUT2D eigenvalue weighted by Gasteiger charge is 2.56. The Hall–Kier alpha value is -2.82. The smallest absolute Gasteiger partial charge is 0.338 e. The number of nitrogens with zero attached hydrogens (tertiary/aromatic N) is 2. The summed E-state index contributed by atoms with van der Waals surface area (Å²) in [5, 5.41) is 8.78. The average Bonchev–Trinajstić information content (AvgIpc) is 3.40. The molecular formula is C22H20N2O3. The lowest BCUT2D eigenvalue weighted by molar-refractivity contribution is 0.0597. The quantitative estimate of drug-likeness (QED) is 0.767. The Morgan fingerprint density at radius 1 is 1.15 bits per heavy atom. The number of hydrogen-bond donors (Lipinski definition) is 0. The second-order valence-electron chi connectivity index (χ2n) is 7.58. The Morgan fingerprint density at radius 3 is 2.81 bits per heavy atom. The van der Waals surface area contributed by atoms with Gasteiger partial charge >= 0.3 is 5.97 Å². The first-order chi connectivity index (χ1) is 13.2. The van der Waals surface area contributed by atoms with Crippen LogP contribution in [0.4, 0.5) is 0 Å². The highest BCUT2D eigenvalue weighted by molar-refractivity contribution is 6.10. The molecule has 1 aliphatic heterocycles. The molecule has 0 radical (unpaired) electrons. The van der Waals surface area contributed by atoms with Crippen molar-refractivity contribution in [2.45, 2.75) is 37.1 Å². The molecule has 0 amide bonds. The lowest BCUT2D eigenvalue weighted by atomic mass is 9.76. The molecule has 5 heteroatoms. The molecule has 1 heterocycles. The van der Waals surface area contributed by atoms with Gasteiger partial charge in [-0.25, -0.2) is 4.79 Å². The number of aryl methyl sites for hydroxylation is 1. The summed E-state index contributed by atoms with van der Waals surface area (Å²) in [5.74, 6) is -0.566. The topological polar surface area (TPSA) is 68.1 Å². The summed E-state index contributed by atoms with van der Waals surface area (Å²) in [6, 6.07) is 11.6. The molecule has 1 spiro atoms. The van der Waals surface area contributed by atoms with E-state index in [9.17, 15) is 9.59 Å². The number of hydrogen-bond acceptors (Lipinski definition) is 5. The Morgan fingerprint density at radius 2 is 1.96 bits per heavy atom. The molecule has 136 valence electrons. The molecular weight excluding hydrogens is 340 g/mol. The summed E-state index contributed by atoms with van der Waals surface area (Å²) in [6.07, 6.45) is 3.65. The molecule has 3 aliphatic rings. The third-order valence-electron chi connectivity index (χ3n) is 6.28. The minimum absolute atomic E-state index is 0.0715. The molecule has 0 saturated carbocycles. The van der Waals surface area contributed by atoms with Crippen molar-refractivity contribution in [3.63, 3.8) is 0 Å².